The molecular weight excluding hydrogens is 364 g/mol. The third-order valence-corrected chi connectivity index (χ3v) is 5.87. The van der Waals surface area contributed by atoms with Gasteiger partial charge >= 0.3 is 0 Å². The van der Waals surface area contributed by atoms with Crippen molar-refractivity contribution >= 4 is 23.3 Å². The largest absolute Gasteiger partial charge is 0.362 e. The Bertz CT molecular complexity index is 766. The van der Waals surface area contributed by atoms with Crippen LogP contribution in [0.1, 0.15) is 64.4 Å². The first-order chi connectivity index (χ1) is 13.9. The van der Waals surface area contributed by atoms with Crippen molar-refractivity contribution in [3.63, 3.8) is 0 Å². The normalized spacial score (nSPS) is 20.2. The van der Waals surface area contributed by atoms with Crippen LogP contribution in [0.2, 0.25) is 0 Å². The summed E-state index contributed by atoms with van der Waals surface area (Å²) in [5.74, 6) is 1.06. The number of nitrogens with one attached hydrogen (secondary N) is 1. The average Bonchev–Trinajstić information content (AvgIpc) is 2.82. The highest BCUT2D eigenvalue weighted by Gasteiger charge is 2.34. The molecule has 1 N–H and O–H groups in total. The molecule has 1 heterocycles. The number of benzene rings is 1. The summed E-state index contributed by atoms with van der Waals surface area (Å²) < 4.78 is 0. The molecule has 0 spiro atoms. The van der Waals surface area contributed by atoms with E-state index in [9.17, 15) is 9.59 Å². The van der Waals surface area contributed by atoms with E-state index in [2.05, 4.69) is 10.3 Å². The first-order valence-corrected chi connectivity index (χ1v) is 10.9. The minimum Gasteiger partial charge on any atom is -0.362 e. The first kappa shape index (κ1) is 21.3. The molecule has 0 saturated heterocycles. The zero-order valence-electron chi connectivity index (χ0n) is 18.1. The Morgan fingerprint density at radius 1 is 1.21 bits per heavy atom. The Morgan fingerprint density at radius 2 is 1.90 bits per heavy atom. The summed E-state index contributed by atoms with van der Waals surface area (Å²) in [5, 5.41) is 2.91. The molecule has 0 aromatic heterocycles. The highest BCUT2D eigenvalue weighted by atomic mass is 16.2. The molecule has 1 fully saturated rings. The van der Waals surface area contributed by atoms with Gasteiger partial charge in [0.2, 0.25) is 12.1 Å². The summed E-state index contributed by atoms with van der Waals surface area (Å²) in [5.41, 5.74) is 1.73. The molecule has 158 valence electrons. The fraction of sp³-hybridized carbons (Fsp3) is 0.609. The second-order valence-electron chi connectivity index (χ2n) is 8.68. The lowest BCUT2D eigenvalue weighted by molar-refractivity contribution is -0.127. The van der Waals surface area contributed by atoms with Gasteiger partial charge in [0.25, 0.3) is 5.91 Å². The molecule has 6 heteroatoms. The Morgan fingerprint density at radius 3 is 2.55 bits per heavy atom. The molecule has 1 aromatic carbocycles. The molecule has 1 atom stereocenters. The number of nitrogens with zero attached hydrogens (tertiary/aromatic N) is 3. The molecule has 3 rings (SSSR count). The van der Waals surface area contributed by atoms with Crippen LogP contribution in [0.4, 0.5) is 5.69 Å². The molecule has 2 amide bonds. The van der Waals surface area contributed by atoms with Gasteiger partial charge in [0, 0.05) is 32.1 Å². The molecule has 0 bridgehead atoms. The number of amidine groups is 1. The van der Waals surface area contributed by atoms with E-state index < -0.39 is 6.17 Å². The highest BCUT2D eigenvalue weighted by Crippen LogP contribution is 2.29. The van der Waals surface area contributed by atoms with E-state index in [1.54, 1.807) is 4.90 Å². The van der Waals surface area contributed by atoms with Crippen molar-refractivity contribution in [3.8, 4) is 0 Å². The number of fused-ring (bicyclic) bond motifs is 1. The van der Waals surface area contributed by atoms with Crippen LogP contribution < -0.4 is 10.2 Å². The van der Waals surface area contributed by atoms with Crippen LogP contribution in [0.3, 0.4) is 0 Å². The Labute approximate surface area is 174 Å². The minimum absolute atomic E-state index is 0.0398. The molecule has 6 nitrogen and oxygen atoms in total. The van der Waals surface area contributed by atoms with Gasteiger partial charge in [-0.25, -0.2) is 4.99 Å². The lowest BCUT2D eigenvalue weighted by Crippen LogP contribution is -2.49. The van der Waals surface area contributed by atoms with E-state index >= 15 is 0 Å². The summed E-state index contributed by atoms with van der Waals surface area (Å²) in [7, 11) is 3.82. The maximum absolute atomic E-state index is 13.3. The zero-order chi connectivity index (χ0) is 21.0. The van der Waals surface area contributed by atoms with Gasteiger partial charge in [0.1, 0.15) is 5.84 Å². The van der Waals surface area contributed by atoms with Crippen LogP contribution in [0.5, 0.6) is 0 Å². The average molecular weight is 399 g/mol. The predicted molar refractivity (Wildman–Crippen MR) is 117 cm³/mol. The number of anilines is 1. The molecule has 1 saturated carbocycles. The van der Waals surface area contributed by atoms with E-state index in [0.717, 1.165) is 17.7 Å². The number of carbonyl (C=O) groups is 2. The van der Waals surface area contributed by atoms with Crippen molar-refractivity contribution < 1.29 is 9.59 Å². The number of amides is 2. The number of carbonyl (C=O) groups excluding carboxylic acids is 2. The number of hydrogen-bond acceptors (Lipinski definition) is 4. The quantitative estimate of drug-likeness (QED) is 0.825. The van der Waals surface area contributed by atoms with Crippen molar-refractivity contribution in [2.45, 2.75) is 71.0 Å². The van der Waals surface area contributed by atoms with Crippen LogP contribution in [-0.2, 0) is 9.59 Å². The van der Waals surface area contributed by atoms with Crippen LogP contribution in [0.15, 0.2) is 29.3 Å². The second kappa shape index (κ2) is 9.42. The SMILES string of the molecule is CC(C)N1C(=O)C(NC(=O)CCC2CCCCC2)N=C(N(C)C)c2ccccc21. The lowest BCUT2D eigenvalue weighted by Gasteiger charge is -2.29. The maximum Gasteiger partial charge on any atom is 0.272 e. The van der Waals surface area contributed by atoms with Gasteiger partial charge in [-0.2, -0.15) is 0 Å². The van der Waals surface area contributed by atoms with Gasteiger partial charge in [-0.3, -0.25) is 9.59 Å². The van der Waals surface area contributed by atoms with Gasteiger partial charge in [-0.1, -0.05) is 44.2 Å². The number of para-hydroxylation sites is 1. The van der Waals surface area contributed by atoms with Crippen molar-refractivity contribution in [1.29, 1.82) is 0 Å². The molecule has 1 aliphatic heterocycles. The fourth-order valence-electron chi connectivity index (χ4n) is 4.39. The molecule has 1 unspecified atom stereocenters. The zero-order valence-corrected chi connectivity index (χ0v) is 18.1. The molecule has 1 aliphatic carbocycles. The lowest BCUT2D eigenvalue weighted by atomic mass is 9.86. The van der Waals surface area contributed by atoms with E-state index in [4.69, 9.17) is 0 Å². The summed E-state index contributed by atoms with van der Waals surface area (Å²) >= 11 is 0. The number of benzodiazepines with no additional fused rings is 1. The standard InChI is InChI=1S/C23H34N4O2/c1-16(2)27-19-13-9-8-12-18(19)22(26(3)4)25-21(23(27)29)24-20(28)15-14-17-10-6-5-7-11-17/h8-9,12-13,16-17,21H,5-7,10-11,14-15H2,1-4H3,(H,24,28). The second-order valence-corrected chi connectivity index (χ2v) is 8.68. The summed E-state index contributed by atoms with van der Waals surface area (Å²) in [4.78, 5) is 34.4. The first-order valence-electron chi connectivity index (χ1n) is 10.9. The minimum atomic E-state index is -0.902. The molecule has 2 aliphatic rings. The van der Waals surface area contributed by atoms with Crippen LogP contribution >= 0.6 is 0 Å². The van der Waals surface area contributed by atoms with E-state index in [1.807, 2.05) is 57.1 Å². The third kappa shape index (κ3) is 4.98. The molecule has 1 aromatic rings. The summed E-state index contributed by atoms with van der Waals surface area (Å²) in [6.45, 7) is 3.97. The third-order valence-electron chi connectivity index (χ3n) is 5.87. The van der Waals surface area contributed by atoms with Crippen molar-refractivity contribution in [2.24, 2.45) is 10.9 Å². The van der Waals surface area contributed by atoms with Crippen LogP contribution in [0, 0.1) is 5.92 Å². The van der Waals surface area contributed by atoms with Gasteiger partial charge in [-0.15, -0.1) is 0 Å². The fourth-order valence-corrected chi connectivity index (χ4v) is 4.39. The van der Waals surface area contributed by atoms with Crippen molar-refractivity contribution in [3.05, 3.63) is 29.8 Å². The molecular formula is C23H34N4O2. The number of rotatable bonds is 5. The highest BCUT2D eigenvalue weighted by molar-refractivity contribution is 6.12. The molecule has 0 radical (unpaired) electrons. The Balaban J connectivity index is 1.81. The van der Waals surface area contributed by atoms with Crippen molar-refractivity contribution in [1.82, 2.24) is 10.2 Å². The monoisotopic (exact) mass is 398 g/mol. The predicted octanol–water partition coefficient (Wildman–Crippen LogP) is 3.55. The van der Waals surface area contributed by atoms with Gasteiger partial charge in [0.15, 0.2) is 0 Å². The van der Waals surface area contributed by atoms with Crippen molar-refractivity contribution in [2.75, 3.05) is 19.0 Å². The van der Waals surface area contributed by atoms with Crippen LogP contribution in [-0.4, -0.2) is 48.9 Å². The summed E-state index contributed by atoms with van der Waals surface area (Å²) in [6.07, 6.45) is 6.73. The Hall–Kier alpha value is -2.37. The summed E-state index contributed by atoms with van der Waals surface area (Å²) in [6, 6.07) is 7.76. The smallest absolute Gasteiger partial charge is 0.272 e. The maximum atomic E-state index is 13.3. The molecule has 29 heavy (non-hydrogen) atoms. The number of hydrogen-bond donors (Lipinski definition) is 1. The van der Waals surface area contributed by atoms with Crippen LogP contribution in [0.25, 0.3) is 0 Å². The van der Waals surface area contributed by atoms with E-state index in [1.165, 1.54) is 32.1 Å². The van der Waals surface area contributed by atoms with Gasteiger partial charge in [0.05, 0.1) is 5.69 Å². The van der Waals surface area contributed by atoms with E-state index in [0.29, 0.717) is 18.2 Å². The topological polar surface area (TPSA) is 65.0 Å². The number of aliphatic imine (C=N–C) groups is 1. The Kier molecular flexibility index (Phi) is 6.93. The van der Waals surface area contributed by atoms with Gasteiger partial charge in [-0.05, 0) is 38.3 Å². The van der Waals surface area contributed by atoms with E-state index in [-0.39, 0.29) is 17.9 Å². The van der Waals surface area contributed by atoms with Gasteiger partial charge < -0.3 is 15.1 Å².